The predicted molar refractivity (Wildman–Crippen MR) is 53.7 cm³/mol. The van der Waals surface area contributed by atoms with E-state index in [9.17, 15) is 9.59 Å². The van der Waals surface area contributed by atoms with Crippen molar-refractivity contribution in [1.29, 1.82) is 0 Å². The minimum Gasteiger partial charge on any atom is -0.462 e. The van der Waals surface area contributed by atoms with Crippen LogP contribution in [0.2, 0.25) is 0 Å². The lowest BCUT2D eigenvalue weighted by atomic mass is 10.2. The van der Waals surface area contributed by atoms with Crippen LogP contribution in [0.3, 0.4) is 0 Å². The molecule has 4 nitrogen and oxygen atoms in total. The third kappa shape index (κ3) is 6.22. The second-order valence-corrected chi connectivity index (χ2v) is 3.05. The topological polar surface area (TPSA) is 55.4 Å². The molecule has 14 heavy (non-hydrogen) atoms. The number of hydrogen-bond donors (Lipinski definition) is 1. The van der Waals surface area contributed by atoms with Gasteiger partial charge in [-0.15, -0.1) is 0 Å². The molecule has 0 spiro atoms. The molecule has 0 aromatic rings. The molecule has 0 bridgehead atoms. The van der Waals surface area contributed by atoms with Gasteiger partial charge in [-0.05, 0) is 19.8 Å². The Labute approximate surface area is 84.3 Å². The van der Waals surface area contributed by atoms with Crippen LogP contribution in [-0.4, -0.2) is 25.5 Å². The van der Waals surface area contributed by atoms with Gasteiger partial charge in [0.2, 0.25) is 5.91 Å². The van der Waals surface area contributed by atoms with Crippen molar-refractivity contribution >= 4 is 11.9 Å². The van der Waals surface area contributed by atoms with Gasteiger partial charge in [-0.3, -0.25) is 4.79 Å². The van der Waals surface area contributed by atoms with Gasteiger partial charge in [0.05, 0.1) is 6.61 Å². The molecule has 0 heterocycles. The smallest absolute Gasteiger partial charge is 0.333 e. The number of hydrogen-bond acceptors (Lipinski definition) is 3. The number of ether oxygens (including phenoxy) is 1. The van der Waals surface area contributed by atoms with Crippen LogP contribution < -0.4 is 5.32 Å². The van der Waals surface area contributed by atoms with E-state index in [2.05, 4.69) is 11.9 Å². The summed E-state index contributed by atoms with van der Waals surface area (Å²) < 4.78 is 4.85. The molecule has 80 valence electrons. The van der Waals surface area contributed by atoms with Crippen LogP contribution >= 0.6 is 0 Å². The van der Waals surface area contributed by atoms with Gasteiger partial charge in [0.1, 0.15) is 0 Å². The Kier molecular flexibility index (Phi) is 6.45. The number of rotatable bonds is 6. The quantitative estimate of drug-likeness (QED) is 0.395. The van der Waals surface area contributed by atoms with Crippen LogP contribution in [0.25, 0.3) is 0 Å². The summed E-state index contributed by atoms with van der Waals surface area (Å²) in [5.41, 5.74) is 0.399. The highest BCUT2D eigenvalue weighted by Crippen LogP contribution is 1.98. The molecule has 4 heteroatoms. The lowest BCUT2D eigenvalue weighted by molar-refractivity contribution is -0.139. The molecule has 0 aliphatic carbocycles. The van der Waals surface area contributed by atoms with Gasteiger partial charge >= 0.3 is 5.97 Å². The predicted octanol–water partition coefficient (Wildman–Crippen LogP) is 1.02. The number of esters is 1. The summed E-state index contributed by atoms with van der Waals surface area (Å²) in [6.07, 6.45) is 1.90. The maximum atomic E-state index is 10.9. The van der Waals surface area contributed by atoms with Crippen LogP contribution in [0.1, 0.15) is 26.2 Å². The number of unbranched alkanes of at least 4 members (excludes halogenated alkanes) is 1. The number of carbonyl (C=O) groups is 2. The molecular weight excluding hydrogens is 182 g/mol. The van der Waals surface area contributed by atoms with Crippen molar-refractivity contribution in [3.05, 3.63) is 12.2 Å². The van der Waals surface area contributed by atoms with E-state index in [-0.39, 0.29) is 11.9 Å². The maximum Gasteiger partial charge on any atom is 0.333 e. The summed E-state index contributed by atoms with van der Waals surface area (Å²) in [4.78, 5) is 21.7. The molecule has 0 aliphatic heterocycles. The molecule has 0 saturated heterocycles. The third-order valence-electron chi connectivity index (χ3n) is 1.66. The van der Waals surface area contributed by atoms with Crippen LogP contribution in [0, 0.1) is 0 Å². The molecule has 1 amide bonds. The molecule has 0 saturated carbocycles. The first-order chi connectivity index (χ1) is 6.57. The lowest BCUT2D eigenvalue weighted by Crippen LogP contribution is -2.17. The van der Waals surface area contributed by atoms with Gasteiger partial charge in [-0.1, -0.05) is 6.58 Å². The molecule has 0 fully saturated rings. The van der Waals surface area contributed by atoms with Crippen molar-refractivity contribution < 1.29 is 14.3 Å². The van der Waals surface area contributed by atoms with E-state index in [1.54, 1.807) is 14.0 Å². The first-order valence-corrected chi connectivity index (χ1v) is 4.61. The molecule has 1 N–H and O–H groups in total. The molecule has 0 rings (SSSR count). The summed E-state index contributed by atoms with van der Waals surface area (Å²) in [7, 11) is 1.60. The zero-order chi connectivity index (χ0) is 11.0. The second-order valence-electron chi connectivity index (χ2n) is 3.05. The van der Waals surface area contributed by atoms with E-state index in [4.69, 9.17) is 4.74 Å². The summed E-state index contributed by atoms with van der Waals surface area (Å²) in [5.74, 6) is -0.360. The van der Waals surface area contributed by atoms with Crippen molar-refractivity contribution in [3.8, 4) is 0 Å². The molecule has 0 radical (unpaired) electrons. The number of amides is 1. The normalized spacial score (nSPS) is 9.29. The van der Waals surface area contributed by atoms with E-state index in [0.717, 1.165) is 6.42 Å². The van der Waals surface area contributed by atoms with Crippen molar-refractivity contribution in [2.45, 2.75) is 26.2 Å². The second kappa shape index (κ2) is 7.12. The van der Waals surface area contributed by atoms with E-state index in [1.165, 1.54) is 0 Å². The Balaban J connectivity index is 3.34. The van der Waals surface area contributed by atoms with Gasteiger partial charge in [0.15, 0.2) is 0 Å². The van der Waals surface area contributed by atoms with Crippen LogP contribution in [0.5, 0.6) is 0 Å². The highest BCUT2D eigenvalue weighted by Gasteiger charge is 2.02. The fourth-order valence-electron chi connectivity index (χ4n) is 0.801. The molecule has 0 unspecified atom stereocenters. The summed E-state index contributed by atoms with van der Waals surface area (Å²) in [6.45, 7) is 5.41. The first-order valence-electron chi connectivity index (χ1n) is 4.61. The fraction of sp³-hybridized carbons (Fsp3) is 0.600. The molecule has 0 aromatic heterocycles. The SMILES string of the molecule is C=C(C)C(=O)OCCCCC(=O)NC. The van der Waals surface area contributed by atoms with Gasteiger partial charge in [-0.2, -0.15) is 0 Å². The molecule has 0 aliphatic rings. The summed E-state index contributed by atoms with van der Waals surface area (Å²) >= 11 is 0. The van der Waals surface area contributed by atoms with E-state index in [0.29, 0.717) is 25.0 Å². The monoisotopic (exact) mass is 199 g/mol. The largest absolute Gasteiger partial charge is 0.462 e. The van der Waals surface area contributed by atoms with Gasteiger partial charge in [0, 0.05) is 19.0 Å². The van der Waals surface area contributed by atoms with Gasteiger partial charge in [0.25, 0.3) is 0 Å². The van der Waals surface area contributed by atoms with Crippen molar-refractivity contribution in [2.24, 2.45) is 0 Å². The molecule has 0 aromatic carbocycles. The van der Waals surface area contributed by atoms with Crippen LogP contribution in [-0.2, 0) is 14.3 Å². The number of nitrogens with one attached hydrogen (secondary N) is 1. The van der Waals surface area contributed by atoms with E-state index < -0.39 is 0 Å². The summed E-state index contributed by atoms with van der Waals surface area (Å²) in [5, 5.41) is 2.52. The van der Waals surface area contributed by atoms with E-state index in [1.807, 2.05) is 0 Å². The zero-order valence-electron chi connectivity index (χ0n) is 8.76. The average molecular weight is 199 g/mol. The molecular formula is C10H17NO3. The molecule has 0 atom stereocenters. The van der Waals surface area contributed by atoms with Crippen LogP contribution in [0.4, 0.5) is 0 Å². The Bertz CT molecular complexity index is 223. The Hall–Kier alpha value is -1.32. The van der Waals surface area contributed by atoms with E-state index >= 15 is 0 Å². The van der Waals surface area contributed by atoms with Crippen molar-refractivity contribution in [3.63, 3.8) is 0 Å². The third-order valence-corrected chi connectivity index (χ3v) is 1.66. The summed E-state index contributed by atoms with van der Waals surface area (Å²) in [6, 6.07) is 0. The lowest BCUT2D eigenvalue weighted by Gasteiger charge is -2.03. The first kappa shape index (κ1) is 12.7. The average Bonchev–Trinajstić information content (AvgIpc) is 2.16. The minimum atomic E-state index is -0.370. The van der Waals surface area contributed by atoms with Crippen molar-refractivity contribution in [2.75, 3.05) is 13.7 Å². The standard InChI is InChI=1S/C10H17NO3/c1-8(2)10(13)14-7-5-4-6-9(12)11-3/h1,4-7H2,2-3H3,(H,11,12). The zero-order valence-corrected chi connectivity index (χ0v) is 8.76. The number of carbonyl (C=O) groups excluding carboxylic acids is 2. The Morgan fingerprint density at radius 3 is 2.50 bits per heavy atom. The van der Waals surface area contributed by atoms with Crippen LogP contribution in [0.15, 0.2) is 12.2 Å². The highest BCUT2D eigenvalue weighted by molar-refractivity contribution is 5.86. The van der Waals surface area contributed by atoms with Gasteiger partial charge in [-0.25, -0.2) is 4.79 Å². The van der Waals surface area contributed by atoms with Crippen molar-refractivity contribution in [1.82, 2.24) is 5.32 Å². The fourth-order valence-corrected chi connectivity index (χ4v) is 0.801. The highest BCUT2D eigenvalue weighted by atomic mass is 16.5. The Morgan fingerprint density at radius 2 is 2.00 bits per heavy atom. The Morgan fingerprint density at radius 1 is 1.36 bits per heavy atom. The van der Waals surface area contributed by atoms with Gasteiger partial charge < -0.3 is 10.1 Å². The minimum absolute atomic E-state index is 0.0104. The maximum absolute atomic E-state index is 10.9.